The van der Waals surface area contributed by atoms with Crippen molar-refractivity contribution in [2.75, 3.05) is 0 Å². The SMILES string of the molecule is CC(C)S(=O)(=O)c1ccc2occc2c1. The molecule has 0 aliphatic carbocycles. The first-order valence-electron chi connectivity index (χ1n) is 4.73. The molecule has 1 aromatic carbocycles. The Kier molecular flexibility index (Phi) is 2.31. The van der Waals surface area contributed by atoms with E-state index in [4.69, 9.17) is 4.42 Å². The van der Waals surface area contributed by atoms with Gasteiger partial charge in [-0.2, -0.15) is 0 Å². The first-order chi connectivity index (χ1) is 7.01. The van der Waals surface area contributed by atoms with Gasteiger partial charge < -0.3 is 4.42 Å². The van der Waals surface area contributed by atoms with E-state index in [1.54, 1.807) is 44.4 Å². The molecule has 1 aromatic heterocycles. The summed E-state index contributed by atoms with van der Waals surface area (Å²) in [6, 6.07) is 6.68. The average Bonchev–Trinajstić information content (AvgIpc) is 2.63. The van der Waals surface area contributed by atoms with Gasteiger partial charge in [0.05, 0.1) is 16.4 Å². The molecule has 4 heteroatoms. The standard InChI is InChI=1S/C11H12O3S/c1-8(2)15(12,13)10-3-4-11-9(7-10)5-6-14-11/h3-8H,1-2H3. The first kappa shape index (κ1) is 10.2. The van der Waals surface area contributed by atoms with Crippen LogP contribution in [0.4, 0.5) is 0 Å². The van der Waals surface area contributed by atoms with Crippen LogP contribution < -0.4 is 0 Å². The molecule has 0 saturated heterocycles. The molecule has 0 radical (unpaired) electrons. The number of sulfone groups is 1. The van der Waals surface area contributed by atoms with Crippen molar-refractivity contribution < 1.29 is 12.8 Å². The maximum atomic E-state index is 11.9. The third-order valence-corrected chi connectivity index (χ3v) is 4.53. The van der Waals surface area contributed by atoms with Gasteiger partial charge in [0.2, 0.25) is 0 Å². The van der Waals surface area contributed by atoms with Crippen molar-refractivity contribution in [3.8, 4) is 0 Å². The van der Waals surface area contributed by atoms with E-state index in [1.807, 2.05) is 0 Å². The minimum absolute atomic E-state index is 0.353. The van der Waals surface area contributed by atoms with Crippen LogP contribution in [0.1, 0.15) is 13.8 Å². The van der Waals surface area contributed by atoms with Crippen molar-refractivity contribution in [3.63, 3.8) is 0 Å². The van der Waals surface area contributed by atoms with E-state index in [0.29, 0.717) is 10.5 Å². The van der Waals surface area contributed by atoms with Gasteiger partial charge >= 0.3 is 0 Å². The highest BCUT2D eigenvalue weighted by molar-refractivity contribution is 7.92. The minimum atomic E-state index is -3.19. The Morgan fingerprint density at radius 2 is 1.93 bits per heavy atom. The smallest absolute Gasteiger partial charge is 0.180 e. The van der Waals surface area contributed by atoms with Crippen molar-refractivity contribution in [3.05, 3.63) is 30.5 Å². The lowest BCUT2D eigenvalue weighted by atomic mass is 10.3. The van der Waals surface area contributed by atoms with E-state index < -0.39 is 15.1 Å². The maximum absolute atomic E-state index is 11.9. The Labute approximate surface area is 88.6 Å². The average molecular weight is 224 g/mol. The Balaban J connectivity index is 2.63. The minimum Gasteiger partial charge on any atom is -0.464 e. The number of hydrogen-bond donors (Lipinski definition) is 0. The van der Waals surface area contributed by atoms with Gasteiger partial charge in [0, 0.05) is 5.39 Å². The molecule has 15 heavy (non-hydrogen) atoms. The normalized spacial score (nSPS) is 12.5. The second kappa shape index (κ2) is 3.38. The van der Waals surface area contributed by atoms with Gasteiger partial charge in [-0.15, -0.1) is 0 Å². The van der Waals surface area contributed by atoms with Crippen LogP contribution in [0.2, 0.25) is 0 Å². The zero-order valence-electron chi connectivity index (χ0n) is 8.60. The summed E-state index contributed by atoms with van der Waals surface area (Å²) in [6.07, 6.45) is 1.55. The van der Waals surface area contributed by atoms with Crippen LogP contribution in [0.3, 0.4) is 0 Å². The van der Waals surface area contributed by atoms with Crippen LogP contribution >= 0.6 is 0 Å². The maximum Gasteiger partial charge on any atom is 0.180 e. The van der Waals surface area contributed by atoms with Gasteiger partial charge in [-0.1, -0.05) is 0 Å². The van der Waals surface area contributed by atoms with E-state index in [9.17, 15) is 8.42 Å². The molecule has 0 saturated carbocycles. The summed E-state index contributed by atoms with van der Waals surface area (Å²) in [7, 11) is -3.19. The molecule has 0 amide bonds. The molecule has 2 aromatic rings. The van der Waals surface area contributed by atoms with Crippen LogP contribution in [0.15, 0.2) is 39.8 Å². The summed E-state index contributed by atoms with van der Waals surface area (Å²) in [5, 5.41) is 0.415. The fourth-order valence-electron chi connectivity index (χ4n) is 1.39. The Hall–Kier alpha value is -1.29. The fourth-order valence-corrected chi connectivity index (χ4v) is 2.49. The summed E-state index contributed by atoms with van der Waals surface area (Å²) in [5.41, 5.74) is 0.706. The molecule has 0 bridgehead atoms. The quantitative estimate of drug-likeness (QED) is 0.787. The Morgan fingerprint density at radius 3 is 2.60 bits per heavy atom. The molecule has 0 aliphatic rings. The monoisotopic (exact) mass is 224 g/mol. The van der Waals surface area contributed by atoms with Crippen LogP contribution in [-0.4, -0.2) is 13.7 Å². The van der Waals surface area contributed by atoms with Crippen LogP contribution in [-0.2, 0) is 9.84 Å². The molecule has 0 unspecified atom stereocenters. The van der Waals surface area contributed by atoms with E-state index in [2.05, 4.69) is 0 Å². The van der Waals surface area contributed by atoms with Gasteiger partial charge in [0.25, 0.3) is 0 Å². The summed E-state index contributed by atoms with van der Waals surface area (Å²) in [6.45, 7) is 3.35. The van der Waals surface area contributed by atoms with Crippen molar-refractivity contribution >= 4 is 20.8 Å². The molecular weight excluding hydrogens is 212 g/mol. The molecular formula is C11H12O3S. The molecule has 3 nitrogen and oxygen atoms in total. The third-order valence-electron chi connectivity index (χ3n) is 2.37. The third kappa shape index (κ3) is 1.65. The van der Waals surface area contributed by atoms with Gasteiger partial charge in [-0.25, -0.2) is 8.42 Å². The van der Waals surface area contributed by atoms with E-state index in [1.165, 1.54) is 0 Å². The molecule has 80 valence electrons. The lowest BCUT2D eigenvalue weighted by molar-refractivity contribution is 0.587. The van der Waals surface area contributed by atoms with E-state index >= 15 is 0 Å². The Morgan fingerprint density at radius 1 is 1.20 bits per heavy atom. The predicted octanol–water partition coefficient (Wildman–Crippen LogP) is 2.61. The second-order valence-corrected chi connectivity index (χ2v) is 6.22. The largest absolute Gasteiger partial charge is 0.464 e. The first-order valence-corrected chi connectivity index (χ1v) is 6.27. The number of hydrogen-bond acceptors (Lipinski definition) is 3. The van der Waals surface area contributed by atoms with Crippen molar-refractivity contribution in [1.29, 1.82) is 0 Å². The number of fused-ring (bicyclic) bond motifs is 1. The van der Waals surface area contributed by atoms with Crippen LogP contribution in [0, 0.1) is 0 Å². The van der Waals surface area contributed by atoms with Gasteiger partial charge in [-0.05, 0) is 38.1 Å². The highest BCUT2D eigenvalue weighted by Crippen LogP contribution is 2.22. The van der Waals surface area contributed by atoms with Crippen molar-refractivity contribution in [1.82, 2.24) is 0 Å². The molecule has 1 heterocycles. The van der Waals surface area contributed by atoms with Crippen molar-refractivity contribution in [2.24, 2.45) is 0 Å². The molecule has 0 N–H and O–H groups in total. The topological polar surface area (TPSA) is 47.3 Å². The number of furan rings is 1. The predicted molar refractivity (Wildman–Crippen MR) is 58.5 cm³/mol. The molecule has 0 atom stereocenters. The number of rotatable bonds is 2. The second-order valence-electron chi connectivity index (χ2n) is 3.71. The molecule has 0 aliphatic heterocycles. The van der Waals surface area contributed by atoms with Gasteiger partial charge in [0.1, 0.15) is 5.58 Å². The highest BCUT2D eigenvalue weighted by atomic mass is 32.2. The molecule has 0 spiro atoms. The van der Waals surface area contributed by atoms with E-state index in [-0.39, 0.29) is 0 Å². The summed E-state index contributed by atoms with van der Waals surface area (Å²) in [4.78, 5) is 0.353. The van der Waals surface area contributed by atoms with Gasteiger partial charge in [-0.3, -0.25) is 0 Å². The summed E-state index contributed by atoms with van der Waals surface area (Å²) < 4.78 is 28.9. The zero-order chi connectivity index (χ0) is 11.1. The summed E-state index contributed by atoms with van der Waals surface area (Å²) >= 11 is 0. The molecule has 2 rings (SSSR count). The molecule has 0 fully saturated rings. The zero-order valence-corrected chi connectivity index (χ0v) is 9.41. The Bertz CT molecular complexity index is 579. The number of benzene rings is 1. The summed E-state index contributed by atoms with van der Waals surface area (Å²) in [5.74, 6) is 0. The van der Waals surface area contributed by atoms with Crippen molar-refractivity contribution in [2.45, 2.75) is 24.0 Å². The fraction of sp³-hybridized carbons (Fsp3) is 0.273. The van der Waals surface area contributed by atoms with Crippen LogP contribution in [0.5, 0.6) is 0 Å². The van der Waals surface area contributed by atoms with Crippen LogP contribution in [0.25, 0.3) is 11.0 Å². The highest BCUT2D eigenvalue weighted by Gasteiger charge is 2.19. The lowest BCUT2D eigenvalue weighted by Gasteiger charge is -2.07. The van der Waals surface area contributed by atoms with Gasteiger partial charge in [0.15, 0.2) is 9.84 Å². The van der Waals surface area contributed by atoms with E-state index in [0.717, 1.165) is 5.39 Å². The lowest BCUT2D eigenvalue weighted by Crippen LogP contribution is -2.13.